The fraction of sp³-hybridized carbons (Fsp3) is 0.0500. The van der Waals surface area contributed by atoms with Crippen molar-refractivity contribution in [2.45, 2.75) is 6.92 Å². The average Bonchev–Trinajstić information content (AvgIpc) is 3.22. The topological polar surface area (TPSA) is 28.7 Å². The molecule has 4 rings (SSSR count). The zero-order valence-electron chi connectivity index (χ0n) is 13.1. The first-order chi connectivity index (χ1) is 11.7. The molecule has 4 heteroatoms. The number of aromatic nitrogens is 2. The third kappa shape index (κ3) is 2.76. The van der Waals surface area contributed by atoms with Crippen LogP contribution in [0.15, 0.2) is 66.7 Å². The van der Waals surface area contributed by atoms with E-state index in [0.717, 1.165) is 38.1 Å². The Balaban J connectivity index is 1.71. The molecule has 0 aliphatic carbocycles. The van der Waals surface area contributed by atoms with Gasteiger partial charge >= 0.3 is 0 Å². The highest BCUT2D eigenvalue weighted by molar-refractivity contribution is 7.18. The summed E-state index contributed by atoms with van der Waals surface area (Å²) in [4.78, 5) is 10.2. The molecule has 24 heavy (non-hydrogen) atoms. The Morgan fingerprint density at radius 1 is 0.875 bits per heavy atom. The van der Waals surface area contributed by atoms with Gasteiger partial charge in [-0.05, 0) is 36.8 Å². The summed E-state index contributed by atoms with van der Waals surface area (Å²) in [6.45, 7) is 2.03. The Hall–Kier alpha value is -2.72. The Morgan fingerprint density at radius 3 is 2.42 bits per heavy atom. The standard InChI is InChI=1S/C20H15FN2S/c1-13-19(14-6-3-2-4-7-14)23-20(22-13)18-11-10-17(24-18)15-8-5-9-16(21)12-15/h2-12H,1H3,(H,22,23). The number of hydrogen-bond acceptors (Lipinski definition) is 2. The third-order valence-corrected chi connectivity index (χ3v) is 5.02. The molecule has 2 aromatic heterocycles. The summed E-state index contributed by atoms with van der Waals surface area (Å²) in [5.74, 6) is 0.627. The maximum Gasteiger partial charge on any atom is 0.148 e. The molecule has 0 fully saturated rings. The number of hydrogen-bond donors (Lipinski definition) is 1. The van der Waals surface area contributed by atoms with Gasteiger partial charge in [0.15, 0.2) is 0 Å². The zero-order chi connectivity index (χ0) is 16.5. The number of imidazole rings is 1. The van der Waals surface area contributed by atoms with Crippen molar-refractivity contribution in [3.63, 3.8) is 0 Å². The minimum atomic E-state index is -0.220. The van der Waals surface area contributed by atoms with Crippen molar-refractivity contribution in [2.24, 2.45) is 0 Å². The monoisotopic (exact) mass is 334 g/mol. The van der Waals surface area contributed by atoms with E-state index in [1.54, 1.807) is 23.5 Å². The quantitative estimate of drug-likeness (QED) is 0.495. The molecule has 2 heterocycles. The van der Waals surface area contributed by atoms with E-state index in [1.165, 1.54) is 6.07 Å². The fourth-order valence-electron chi connectivity index (χ4n) is 2.72. The van der Waals surface area contributed by atoms with Crippen molar-refractivity contribution in [2.75, 3.05) is 0 Å². The second-order valence-corrected chi connectivity index (χ2v) is 6.68. The summed E-state index contributed by atoms with van der Waals surface area (Å²) in [6, 6.07) is 20.8. The Morgan fingerprint density at radius 2 is 1.62 bits per heavy atom. The summed E-state index contributed by atoms with van der Waals surface area (Å²) in [5.41, 5.74) is 3.99. The Bertz CT molecular complexity index is 986. The van der Waals surface area contributed by atoms with Crippen molar-refractivity contribution < 1.29 is 4.39 Å². The van der Waals surface area contributed by atoms with E-state index in [2.05, 4.69) is 17.1 Å². The minimum absolute atomic E-state index is 0.220. The number of halogens is 1. The maximum atomic E-state index is 13.4. The molecule has 0 radical (unpaired) electrons. The lowest BCUT2D eigenvalue weighted by molar-refractivity contribution is 0.628. The lowest BCUT2D eigenvalue weighted by Crippen LogP contribution is -1.79. The van der Waals surface area contributed by atoms with Crippen LogP contribution in [0.3, 0.4) is 0 Å². The van der Waals surface area contributed by atoms with Gasteiger partial charge in [0.25, 0.3) is 0 Å². The van der Waals surface area contributed by atoms with Gasteiger partial charge in [-0.15, -0.1) is 11.3 Å². The largest absolute Gasteiger partial charge is 0.341 e. The number of thiophene rings is 1. The summed E-state index contributed by atoms with van der Waals surface area (Å²) < 4.78 is 13.4. The van der Waals surface area contributed by atoms with Gasteiger partial charge in [-0.3, -0.25) is 0 Å². The predicted molar refractivity (Wildman–Crippen MR) is 97.5 cm³/mol. The van der Waals surface area contributed by atoms with Gasteiger partial charge < -0.3 is 4.98 Å². The Labute approximate surface area is 143 Å². The number of benzene rings is 2. The first kappa shape index (κ1) is 14.8. The highest BCUT2D eigenvalue weighted by Crippen LogP contribution is 2.35. The third-order valence-electron chi connectivity index (χ3n) is 3.88. The SMILES string of the molecule is Cc1[nH]c(-c2ccc(-c3cccc(F)c3)s2)nc1-c1ccccc1. The number of aryl methyl sites for hydroxylation is 1. The fourth-order valence-corrected chi connectivity index (χ4v) is 3.66. The summed E-state index contributed by atoms with van der Waals surface area (Å²) in [6.07, 6.45) is 0. The van der Waals surface area contributed by atoms with Crippen LogP contribution in [0.4, 0.5) is 4.39 Å². The molecule has 0 spiro atoms. The van der Waals surface area contributed by atoms with E-state index in [4.69, 9.17) is 4.98 Å². The molecular formula is C20H15FN2S. The first-order valence-electron chi connectivity index (χ1n) is 7.69. The van der Waals surface area contributed by atoms with Crippen molar-refractivity contribution in [3.05, 3.63) is 78.2 Å². The van der Waals surface area contributed by atoms with Crippen molar-refractivity contribution in [1.82, 2.24) is 9.97 Å². The van der Waals surface area contributed by atoms with E-state index < -0.39 is 0 Å². The first-order valence-corrected chi connectivity index (χ1v) is 8.50. The molecule has 0 aliphatic rings. The average molecular weight is 334 g/mol. The van der Waals surface area contributed by atoms with E-state index in [9.17, 15) is 4.39 Å². The van der Waals surface area contributed by atoms with Crippen LogP contribution in [0.5, 0.6) is 0 Å². The Kier molecular flexibility index (Phi) is 3.75. The van der Waals surface area contributed by atoms with Gasteiger partial charge in [0.1, 0.15) is 11.6 Å². The smallest absolute Gasteiger partial charge is 0.148 e. The van der Waals surface area contributed by atoms with Crippen LogP contribution in [0.25, 0.3) is 32.4 Å². The molecule has 0 saturated heterocycles. The lowest BCUT2D eigenvalue weighted by Gasteiger charge is -1.97. The van der Waals surface area contributed by atoms with E-state index in [1.807, 2.05) is 43.3 Å². The lowest BCUT2D eigenvalue weighted by atomic mass is 10.1. The van der Waals surface area contributed by atoms with Gasteiger partial charge in [-0.1, -0.05) is 42.5 Å². The highest BCUT2D eigenvalue weighted by atomic mass is 32.1. The molecule has 0 saturated carbocycles. The molecule has 4 aromatic rings. The number of nitrogens with one attached hydrogen (secondary N) is 1. The van der Waals surface area contributed by atoms with E-state index >= 15 is 0 Å². The van der Waals surface area contributed by atoms with Crippen LogP contribution in [0.1, 0.15) is 5.69 Å². The molecule has 118 valence electrons. The molecule has 0 unspecified atom stereocenters. The molecule has 1 N–H and O–H groups in total. The number of nitrogens with zero attached hydrogens (tertiary/aromatic N) is 1. The van der Waals surface area contributed by atoms with Crippen molar-refractivity contribution in [3.8, 4) is 32.4 Å². The van der Waals surface area contributed by atoms with Crippen molar-refractivity contribution in [1.29, 1.82) is 0 Å². The second-order valence-electron chi connectivity index (χ2n) is 5.60. The van der Waals surface area contributed by atoms with Gasteiger partial charge in [0, 0.05) is 16.1 Å². The van der Waals surface area contributed by atoms with Gasteiger partial charge in [0.2, 0.25) is 0 Å². The second kappa shape index (κ2) is 6.06. The predicted octanol–water partition coefficient (Wildman–Crippen LogP) is 5.92. The summed E-state index contributed by atoms with van der Waals surface area (Å²) in [5, 5.41) is 0. The van der Waals surface area contributed by atoms with Crippen LogP contribution >= 0.6 is 11.3 Å². The van der Waals surface area contributed by atoms with Crippen LogP contribution in [0, 0.1) is 12.7 Å². The van der Waals surface area contributed by atoms with E-state index in [-0.39, 0.29) is 5.82 Å². The summed E-state index contributed by atoms with van der Waals surface area (Å²) >= 11 is 1.60. The molecule has 2 nitrogen and oxygen atoms in total. The molecule has 0 amide bonds. The number of aromatic amines is 1. The van der Waals surface area contributed by atoms with Gasteiger partial charge in [0.05, 0.1) is 10.6 Å². The van der Waals surface area contributed by atoms with Crippen molar-refractivity contribution >= 4 is 11.3 Å². The van der Waals surface area contributed by atoms with Crippen LogP contribution < -0.4 is 0 Å². The van der Waals surface area contributed by atoms with E-state index in [0.29, 0.717) is 0 Å². The molecular weight excluding hydrogens is 319 g/mol. The van der Waals surface area contributed by atoms with Gasteiger partial charge in [-0.25, -0.2) is 9.37 Å². The van der Waals surface area contributed by atoms with Crippen LogP contribution in [-0.4, -0.2) is 9.97 Å². The maximum absolute atomic E-state index is 13.4. The van der Waals surface area contributed by atoms with Crippen LogP contribution in [-0.2, 0) is 0 Å². The summed E-state index contributed by atoms with van der Waals surface area (Å²) in [7, 11) is 0. The highest BCUT2D eigenvalue weighted by Gasteiger charge is 2.12. The number of rotatable bonds is 3. The molecule has 0 atom stereocenters. The molecule has 0 bridgehead atoms. The normalized spacial score (nSPS) is 10.9. The molecule has 2 aromatic carbocycles. The minimum Gasteiger partial charge on any atom is -0.341 e. The molecule has 0 aliphatic heterocycles. The zero-order valence-corrected chi connectivity index (χ0v) is 13.9. The van der Waals surface area contributed by atoms with Crippen LogP contribution in [0.2, 0.25) is 0 Å². The number of H-pyrrole nitrogens is 1. The van der Waals surface area contributed by atoms with Gasteiger partial charge in [-0.2, -0.15) is 0 Å².